The first-order chi connectivity index (χ1) is 16.0. The molecule has 33 heavy (non-hydrogen) atoms. The summed E-state index contributed by atoms with van der Waals surface area (Å²) >= 11 is 1.27. The van der Waals surface area contributed by atoms with Crippen molar-refractivity contribution in [1.82, 2.24) is 4.90 Å². The molecule has 0 radical (unpaired) electrons. The van der Waals surface area contributed by atoms with Crippen molar-refractivity contribution in [3.8, 4) is 11.5 Å². The normalized spacial score (nSPS) is 16.0. The smallest absolute Gasteiger partial charge is 0.290 e. The zero-order chi connectivity index (χ0) is 23.4. The number of rotatable bonds is 9. The average Bonchev–Trinajstić information content (AvgIpc) is 3.43. The number of para-hydroxylation sites is 1. The third-order valence-electron chi connectivity index (χ3n) is 5.23. The summed E-state index contributed by atoms with van der Waals surface area (Å²) in [4.78, 5) is 28.3. The maximum absolute atomic E-state index is 13.3. The number of aliphatic hydroxyl groups is 1. The number of benzene rings is 2. The largest absolute Gasteiger partial charge is 0.503 e. The first-order valence-corrected chi connectivity index (χ1v) is 11.6. The third kappa shape index (κ3) is 4.99. The van der Waals surface area contributed by atoms with Crippen molar-refractivity contribution in [1.29, 1.82) is 0 Å². The SMILES string of the molecule is CC(C)OCCN1C(=O)C(O)=C(C(=O)c2cccs2)C1c1cccc(Oc2ccccc2)c1. The molecular formula is C26H25NO5S. The van der Waals surface area contributed by atoms with Crippen LogP contribution in [-0.2, 0) is 9.53 Å². The van der Waals surface area contributed by atoms with Crippen LogP contribution in [0, 0.1) is 0 Å². The minimum absolute atomic E-state index is 0.00228. The lowest BCUT2D eigenvalue weighted by Gasteiger charge is -2.27. The molecule has 2 heterocycles. The van der Waals surface area contributed by atoms with Crippen LogP contribution in [0.2, 0.25) is 0 Å². The molecule has 6 nitrogen and oxygen atoms in total. The first-order valence-electron chi connectivity index (χ1n) is 10.7. The highest BCUT2D eigenvalue weighted by Gasteiger charge is 2.43. The Balaban J connectivity index is 1.70. The van der Waals surface area contributed by atoms with Gasteiger partial charge in [0.25, 0.3) is 5.91 Å². The van der Waals surface area contributed by atoms with Crippen LogP contribution in [0.5, 0.6) is 11.5 Å². The van der Waals surface area contributed by atoms with E-state index in [1.54, 1.807) is 23.6 Å². The number of ether oxygens (including phenoxy) is 2. The molecule has 1 N–H and O–H groups in total. The predicted octanol–water partition coefficient (Wildman–Crippen LogP) is 5.54. The van der Waals surface area contributed by atoms with Crippen LogP contribution in [0.4, 0.5) is 0 Å². The van der Waals surface area contributed by atoms with Gasteiger partial charge >= 0.3 is 0 Å². The van der Waals surface area contributed by atoms with Gasteiger partial charge in [-0.1, -0.05) is 36.4 Å². The van der Waals surface area contributed by atoms with Crippen LogP contribution in [0.1, 0.15) is 35.1 Å². The molecule has 0 saturated heterocycles. The molecule has 1 aromatic heterocycles. The maximum atomic E-state index is 13.3. The molecule has 1 atom stereocenters. The fraction of sp³-hybridized carbons (Fsp3) is 0.231. The quantitative estimate of drug-likeness (QED) is 0.422. The van der Waals surface area contributed by atoms with Gasteiger partial charge in [-0.3, -0.25) is 9.59 Å². The molecule has 1 unspecified atom stereocenters. The summed E-state index contributed by atoms with van der Waals surface area (Å²) in [5.41, 5.74) is 0.745. The second-order valence-corrected chi connectivity index (χ2v) is 8.82. The molecule has 4 rings (SSSR count). The Labute approximate surface area is 196 Å². The van der Waals surface area contributed by atoms with Gasteiger partial charge in [0.15, 0.2) is 5.76 Å². The number of hydrogen-bond donors (Lipinski definition) is 1. The van der Waals surface area contributed by atoms with Crippen molar-refractivity contribution >= 4 is 23.0 Å². The van der Waals surface area contributed by atoms with Gasteiger partial charge in [-0.05, 0) is 55.1 Å². The van der Waals surface area contributed by atoms with Crippen molar-refractivity contribution in [2.75, 3.05) is 13.2 Å². The highest BCUT2D eigenvalue weighted by Crippen LogP contribution is 2.40. The zero-order valence-corrected chi connectivity index (χ0v) is 19.2. The minimum atomic E-state index is -0.748. The Bertz CT molecular complexity index is 1150. The molecule has 1 aliphatic rings. The summed E-state index contributed by atoms with van der Waals surface area (Å²) in [6.07, 6.45) is -0.00228. The molecule has 3 aromatic rings. The fourth-order valence-electron chi connectivity index (χ4n) is 3.76. The number of hydrogen-bond acceptors (Lipinski definition) is 6. The molecule has 2 aromatic carbocycles. The van der Waals surface area contributed by atoms with E-state index < -0.39 is 17.7 Å². The van der Waals surface area contributed by atoms with E-state index in [1.165, 1.54) is 16.2 Å². The van der Waals surface area contributed by atoms with E-state index in [9.17, 15) is 14.7 Å². The summed E-state index contributed by atoms with van der Waals surface area (Å²) in [6, 6.07) is 19.3. The van der Waals surface area contributed by atoms with E-state index in [-0.39, 0.29) is 30.6 Å². The van der Waals surface area contributed by atoms with Gasteiger partial charge in [0.05, 0.1) is 29.2 Å². The number of aliphatic hydroxyl groups excluding tert-OH is 1. The Kier molecular flexibility index (Phi) is 6.91. The van der Waals surface area contributed by atoms with Gasteiger partial charge in [-0.25, -0.2) is 0 Å². The molecule has 1 aliphatic heterocycles. The lowest BCUT2D eigenvalue weighted by atomic mass is 9.95. The van der Waals surface area contributed by atoms with Crippen molar-refractivity contribution in [2.45, 2.75) is 26.0 Å². The second-order valence-electron chi connectivity index (χ2n) is 7.88. The molecular weight excluding hydrogens is 438 g/mol. The Hall–Kier alpha value is -3.42. The lowest BCUT2D eigenvalue weighted by molar-refractivity contribution is -0.130. The molecule has 0 bridgehead atoms. The monoisotopic (exact) mass is 463 g/mol. The summed E-state index contributed by atoms with van der Waals surface area (Å²) in [5.74, 6) is -0.215. The van der Waals surface area contributed by atoms with Crippen molar-refractivity contribution < 1.29 is 24.2 Å². The number of carbonyl (C=O) groups excluding carboxylic acids is 2. The van der Waals surface area contributed by atoms with Crippen molar-refractivity contribution in [2.24, 2.45) is 0 Å². The molecule has 1 amide bonds. The van der Waals surface area contributed by atoms with Gasteiger partial charge in [0.1, 0.15) is 11.5 Å². The van der Waals surface area contributed by atoms with E-state index in [1.807, 2.05) is 62.4 Å². The third-order valence-corrected chi connectivity index (χ3v) is 6.10. The number of thiophene rings is 1. The number of nitrogens with zero attached hydrogens (tertiary/aromatic N) is 1. The summed E-state index contributed by atoms with van der Waals surface area (Å²) in [6.45, 7) is 4.34. The van der Waals surface area contributed by atoms with Gasteiger partial charge in [0, 0.05) is 6.54 Å². The van der Waals surface area contributed by atoms with E-state index >= 15 is 0 Å². The summed E-state index contributed by atoms with van der Waals surface area (Å²) in [5, 5.41) is 12.5. The molecule has 170 valence electrons. The Morgan fingerprint density at radius 1 is 1.06 bits per heavy atom. The summed E-state index contributed by atoms with van der Waals surface area (Å²) < 4.78 is 11.6. The Morgan fingerprint density at radius 2 is 1.82 bits per heavy atom. The Morgan fingerprint density at radius 3 is 2.52 bits per heavy atom. The topological polar surface area (TPSA) is 76.1 Å². The van der Waals surface area contributed by atoms with E-state index in [0.29, 0.717) is 21.9 Å². The van der Waals surface area contributed by atoms with Crippen LogP contribution < -0.4 is 4.74 Å². The number of carbonyl (C=O) groups is 2. The minimum Gasteiger partial charge on any atom is -0.503 e. The molecule has 7 heteroatoms. The van der Waals surface area contributed by atoms with E-state index in [0.717, 1.165) is 0 Å². The van der Waals surface area contributed by atoms with Gasteiger partial charge in [-0.2, -0.15) is 0 Å². The molecule has 0 spiro atoms. The number of ketones is 1. The van der Waals surface area contributed by atoms with E-state index in [2.05, 4.69) is 0 Å². The fourth-order valence-corrected chi connectivity index (χ4v) is 4.44. The number of amides is 1. The highest BCUT2D eigenvalue weighted by atomic mass is 32.1. The first kappa shape index (κ1) is 22.8. The second kappa shape index (κ2) is 10.0. The van der Waals surface area contributed by atoms with Crippen molar-refractivity contribution in [3.05, 3.63) is 93.9 Å². The number of Topliss-reactive ketones (excluding diaryl/α,β-unsaturated/α-hetero) is 1. The average molecular weight is 464 g/mol. The molecule has 0 saturated carbocycles. The van der Waals surface area contributed by atoms with Gasteiger partial charge in [-0.15, -0.1) is 11.3 Å². The highest BCUT2D eigenvalue weighted by molar-refractivity contribution is 7.12. The lowest BCUT2D eigenvalue weighted by Crippen LogP contribution is -2.34. The van der Waals surface area contributed by atoms with Crippen LogP contribution in [0.15, 0.2) is 83.4 Å². The standard InChI is InChI=1S/C26H25NO5S/c1-17(2)31-14-13-27-23(22(25(29)26(27)30)24(28)21-12-7-15-33-21)18-8-6-11-20(16-18)32-19-9-4-3-5-10-19/h3-12,15-17,23,29H,13-14H2,1-2H3. The van der Waals surface area contributed by atoms with Crippen LogP contribution >= 0.6 is 11.3 Å². The van der Waals surface area contributed by atoms with Gasteiger partial charge < -0.3 is 19.5 Å². The molecule has 0 fully saturated rings. The molecule has 0 aliphatic carbocycles. The summed E-state index contributed by atoms with van der Waals surface area (Å²) in [7, 11) is 0. The van der Waals surface area contributed by atoms with Gasteiger partial charge in [0.2, 0.25) is 5.78 Å². The zero-order valence-electron chi connectivity index (χ0n) is 18.4. The van der Waals surface area contributed by atoms with Crippen molar-refractivity contribution in [3.63, 3.8) is 0 Å². The van der Waals surface area contributed by atoms with Crippen LogP contribution in [0.25, 0.3) is 0 Å². The maximum Gasteiger partial charge on any atom is 0.290 e. The van der Waals surface area contributed by atoms with E-state index in [4.69, 9.17) is 9.47 Å². The van der Waals surface area contributed by atoms with Crippen LogP contribution in [-0.4, -0.2) is 41.0 Å². The van der Waals surface area contributed by atoms with Crippen LogP contribution in [0.3, 0.4) is 0 Å². The predicted molar refractivity (Wildman–Crippen MR) is 127 cm³/mol.